The first-order chi connectivity index (χ1) is 10.9. The van der Waals surface area contributed by atoms with Crippen LogP contribution in [0, 0.1) is 0 Å². The Morgan fingerprint density at radius 1 is 1.25 bits per heavy atom. The van der Waals surface area contributed by atoms with Crippen LogP contribution in [0.25, 0.3) is 0 Å². The Balaban J connectivity index is 0.00000288. The molecule has 0 fully saturated rings. The van der Waals surface area contributed by atoms with Gasteiger partial charge in [0, 0.05) is 31.4 Å². The lowest BCUT2D eigenvalue weighted by Gasteiger charge is -2.22. The lowest BCUT2D eigenvalue weighted by molar-refractivity contribution is 0.476. The number of halogens is 1. The second-order valence-electron chi connectivity index (χ2n) is 6.64. The van der Waals surface area contributed by atoms with Crippen LogP contribution in [0.4, 0.5) is 0 Å². The molecule has 4 nitrogen and oxygen atoms in total. The first-order valence-electron chi connectivity index (χ1n) is 7.80. The Hall–Kier alpha value is -1.15. The van der Waals surface area contributed by atoms with E-state index in [9.17, 15) is 0 Å². The summed E-state index contributed by atoms with van der Waals surface area (Å²) in [6, 6.07) is 10.4. The third kappa shape index (κ3) is 6.05. The van der Waals surface area contributed by atoms with Gasteiger partial charge < -0.3 is 10.2 Å². The Bertz CT molecular complexity index is 647. The molecule has 1 aromatic heterocycles. The van der Waals surface area contributed by atoms with E-state index in [1.807, 2.05) is 20.2 Å². The van der Waals surface area contributed by atoms with Crippen LogP contribution in [0.1, 0.15) is 37.0 Å². The van der Waals surface area contributed by atoms with Gasteiger partial charge in [-0.1, -0.05) is 51.1 Å². The highest BCUT2D eigenvalue weighted by molar-refractivity contribution is 14.0. The normalized spacial score (nSPS) is 11.8. The average Bonchev–Trinajstić information content (AvgIpc) is 2.98. The maximum atomic E-state index is 4.71. The van der Waals surface area contributed by atoms with Crippen molar-refractivity contribution in [2.24, 2.45) is 4.99 Å². The Morgan fingerprint density at radius 3 is 2.46 bits per heavy atom. The van der Waals surface area contributed by atoms with Gasteiger partial charge in [0.2, 0.25) is 0 Å². The van der Waals surface area contributed by atoms with Crippen molar-refractivity contribution in [2.45, 2.75) is 39.3 Å². The Kier molecular flexibility index (Phi) is 8.15. The number of aliphatic imine (C=N–C) groups is 1. The highest BCUT2D eigenvalue weighted by Gasteiger charge is 2.18. The van der Waals surface area contributed by atoms with Crippen molar-refractivity contribution in [3.8, 4) is 0 Å². The Morgan fingerprint density at radius 2 is 1.92 bits per heavy atom. The monoisotopic (exact) mass is 458 g/mol. The lowest BCUT2D eigenvalue weighted by atomic mass is 9.98. The smallest absolute Gasteiger partial charge is 0.194 e. The minimum absolute atomic E-state index is 0. The highest BCUT2D eigenvalue weighted by Crippen LogP contribution is 2.25. The fourth-order valence-electron chi connectivity index (χ4n) is 2.22. The van der Waals surface area contributed by atoms with Crippen molar-refractivity contribution in [3.63, 3.8) is 0 Å². The molecule has 24 heavy (non-hydrogen) atoms. The van der Waals surface area contributed by atoms with Gasteiger partial charge in [0.15, 0.2) is 5.96 Å². The number of nitrogens with one attached hydrogen (secondary N) is 1. The maximum absolute atomic E-state index is 4.71. The first kappa shape index (κ1) is 20.9. The van der Waals surface area contributed by atoms with Crippen LogP contribution in [-0.2, 0) is 18.5 Å². The summed E-state index contributed by atoms with van der Waals surface area (Å²) >= 11 is 1.72. The van der Waals surface area contributed by atoms with Crippen molar-refractivity contribution in [3.05, 3.63) is 52.0 Å². The molecule has 132 valence electrons. The van der Waals surface area contributed by atoms with Gasteiger partial charge in [-0.25, -0.2) is 4.98 Å². The predicted octanol–water partition coefficient (Wildman–Crippen LogP) is 4.27. The number of thiazole rings is 1. The molecule has 2 aromatic rings. The van der Waals surface area contributed by atoms with Crippen LogP contribution in [0.15, 0.2) is 40.7 Å². The summed E-state index contributed by atoms with van der Waals surface area (Å²) in [5, 5.41) is 6.68. The van der Waals surface area contributed by atoms with Crippen LogP contribution < -0.4 is 5.32 Å². The summed E-state index contributed by atoms with van der Waals surface area (Å²) in [6.45, 7) is 8.09. The molecule has 0 amide bonds. The van der Waals surface area contributed by atoms with E-state index in [4.69, 9.17) is 4.98 Å². The third-order valence-electron chi connectivity index (χ3n) is 3.46. The SMILES string of the molecule is CN=C(NCc1csc(C(C)(C)C)n1)N(C)Cc1ccccc1.I. The minimum Gasteiger partial charge on any atom is -0.351 e. The molecule has 1 aromatic carbocycles. The summed E-state index contributed by atoms with van der Waals surface area (Å²) in [7, 11) is 3.86. The summed E-state index contributed by atoms with van der Waals surface area (Å²) in [5.41, 5.74) is 2.44. The van der Waals surface area contributed by atoms with E-state index in [0.29, 0.717) is 6.54 Å². The molecular weight excluding hydrogens is 431 g/mol. The molecule has 0 atom stereocenters. The molecule has 0 saturated heterocycles. The van der Waals surface area contributed by atoms with Gasteiger partial charge in [-0.15, -0.1) is 35.3 Å². The predicted molar refractivity (Wildman–Crippen MR) is 114 cm³/mol. The number of guanidine groups is 1. The molecular formula is C18H27IN4S. The molecule has 0 saturated carbocycles. The standard InChI is InChI=1S/C18H26N4S.HI/c1-18(2,3)16-21-15(13-23-16)11-20-17(19-4)22(5)12-14-9-7-6-8-10-14;/h6-10,13H,11-12H2,1-5H3,(H,19,20);1H. The summed E-state index contributed by atoms with van der Waals surface area (Å²) < 4.78 is 0. The number of aromatic nitrogens is 1. The number of hydrogen-bond acceptors (Lipinski definition) is 3. The van der Waals surface area contributed by atoms with Crippen molar-refractivity contribution >= 4 is 41.3 Å². The quantitative estimate of drug-likeness (QED) is 0.423. The van der Waals surface area contributed by atoms with E-state index in [-0.39, 0.29) is 29.4 Å². The lowest BCUT2D eigenvalue weighted by Crippen LogP contribution is -2.38. The van der Waals surface area contributed by atoms with Gasteiger partial charge in [-0.05, 0) is 5.56 Å². The van der Waals surface area contributed by atoms with E-state index in [1.165, 1.54) is 10.6 Å². The first-order valence-corrected chi connectivity index (χ1v) is 8.68. The molecule has 0 aliphatic rings. The van der Waals surface area contributed by atoms with Gasteiger partial charge in [0.25, 0.3) is 0 Å². The largest absolute Gasteiger partial charge is 0.351 e. The molecule has 0 aliphatic carbocycles. The fraction of sp³-hybridized carbons (Fsp3) is 0.444. The zero-order valence-corrected chi connectivity index (χ0v) is 18.2. The number of nitrogens with zero attached hydrogens (tertiary/aromatic N) is 3. The molecule has 2 rings (SSSR count). The summed E-state index contributed by atoms with van der Waals surface area (Å²) in [4.78, 5) is 11.2. The van der Waals surface area contributed by atoms with Crippen LogP contribution in [0.5, 0.6) is 0 Å². The van der Waals surface area contributed by atoms with Crippen molar-refractivity contribution in [1.82, 2.24) is 15.2 Å². The Labute approximate surface area is 166 Å². The van der Waals surface area contributed by atoms with Crippen LogP contribution in [0.2, 0.25) is 0 Å². The van der Waals surface area contributed by atoms with Crippen LogP contribution >= 0.6 is 35.3 Å². The number of benzene rings is 1. The van der Waals surface area contributed by atoms with Gasteiger partial charge in [-0.3, -0.25) is 4.99 Å². The van der Waals surface area contributed by atoms with E-state index >= 15 is 0 Å². The second-order valence-corrected chi connectivity index (χ2v) is 7.49. The van der Waals surface area contributed by atoms with E-state index in [0.717, 1.165) is 18.2 Å². The van der Waals surface area contributed by atoms with Crippen LogP contribution in [0.3, 0.4) is 0 Å². The van der Waals surface area contributed by atoms with Gasteiger partial charge in [0.1, 0.15) is 0 Å². The molecule has 0 aliphatic heterocycles. The molecule has 1 heterocycles. The molecule has 0 unspecified atom stereocenters. The topological polar surface area (TPSA) is 40.5 Å². The van der Waals surface area contributed by atoms with Crippen LogP contribution in [-0.4, -0.2) is 29.9 Å². The number of hydrogen-bond donors (Lipinski definition) is 1. The molecule has 0 radical (unpaired) electrons. The van der Waals surface area contributed by atoms with Crippen molar-refractivity contribution in [1.29, 1.82) is 0 Å². The number of rotatable bonds is 4. The van der Waals surface area contributed by atoms with E-state index < -0.39 is 0 Å². The third-order valence-corrected chi connectivity index (χ3v) is 4.77. The molecule has 6 heteroatoms. The minimum atomic E-state index is 0. The van der Waals surface area contributed by atoms with Crippen molar-refractivity contribution < 1.29 is 0 Å². The van der Waals surface area contributed by atoms with Gasteiger partial charge in [0.05, 0.1) is 17.2 Å². The van der Waals surface area contributed by atoms with Gasteiger partial charge >= 0.3 is 0 Å². The molecule has 0 bridgehead atoms. The summed E-state index contributed by atoms with van der Waals surface area (Å²) in [5.74, 6) is 0.874. The fourth-order valence-corrected chi connectivity index (χ4v) is 3.13. The van der Waals surface area contributed by atoms with E-state index in [1.54, 1.807) is 11.3 Å². The zero-order chi connectivity index (χ0) is 16.9. The zero-order valence-electron chi connectivity index (χ0n) is 15.0. The second kappa shape index (κ2) is 9.36. The van der Waals surface area contributed by atoms with E-state index in [2.05, 4.69) is 65.6 Å². The van der Waals surface area contributed by atoms with Crippen molar-refractivity contribution in [2.75, 3.05) is 14.1 Å². The van der Waals surface area contributed by atoms with Gasteiger partial charge in [-0.2, -0.15) is 0 Å². The molecule has 0 spiro atoms. The molecule has 1 N–H and O–H groups in total. The average molecular weight is 458 g/mol. The summed E-state index contributed by atoms with van der Waals surface area (Å²) in [6.07, 6.45) is 0. The highest BCUT2D eigenvalue weighted by atomic mass is 127. The maximum Gasteiger partial charge on any atom is 0.194 e.